The van der Waals surface area contributed by atoms with E-state index in [1.165, 1.54) is 12.1 Å². The molecule has 0 aliphatic carbocycles. The van der Waals surface area contributed by atoms with Gasteiger partial charge in [0.05, 0.1) is 4.90 Å². The monoisotopic (exact) mass is 310 g/mol. The summed E-state index contributed by atoms with van der Waals surface area (Å²) < 4.78 is 28.5. The Morgan fingerprint density at radius 1 is 1.24 bits per heavy atom. The maximum Gasteiger partial charge on any atom is 0.240 e. The molecule has 21 heavy (non-hydrogen) atoms. The Bertz CT molecular complexity index is 680. The lowest BCUT2D eigenvalue weighted by Gasteiger charge is -2.07. The smallest absolute Gasteiger partial charge is 0.240 e. The lowest BCUT2D eigenvalue weighted by molar-refractivity contribution is 0.299. The van der Waals surface area contributed by atoms with Crippen molar-refractivity contribution in [3.63, 3.8) is 0 Å². The van der Waals surface area contributed by atoms with Gasteiger partial charge in [-0.25, -0.2) is 13.1 Å². The van der Waals surface area contributed by atoms with Crippen LogP contribution in [0.1, 0.15) is 11.4 Å². The van der Waals surface area contributed by atoms with Crippen LogP contribution in [0.25, 0.3) is 0 Å². The highest BCUT2D eigenvalue weighted by Gasteiger charge is 2.13. The van der Waals surface area contributed by atoms with Crippen molar-refractivity contribution < 1.29 is 13.5 Å². The van der Waals surface area contributed by atoms with Crippen molar-refractivity contribution in [3.05, 3.63) is 42.0 Å². The van der Waals surface area contributed by atoms with Gasteiger partial charge in [-0.3, -0.25) is 0 Å². The molecular weight excluding hydrogens is 292 g/mol. The molecule has 0 saturated carbocycles. The first-order valence-electron chi connectivity index (χ1n) is 6.55. The lowest BCUT2D eigenvalue weighted by atomic mass is 10.2. The van der Waals surface area contributed by atoms with Crippen molar-refractivity contribution in [3.8, 4) is 0 Å². The van der Waals surface area contributed by atoms with Gasteiger partial charge in [0, 0.05) is 26.6 Å². The second kappa shape index (κ2) is 6.79. The number of aliphatic hydroxyl groups is 1. The predicted molar refractivity (Wildman–Crippen MR) is 77.1 cm³/mol. The number of hydrogen-bond acceptors (Lipinski definition) is 5. The predicted octanol–water partition coefficient (Wildman–Crippen LogP) is -0.129. The number of nitrogens with zero attached hydrogens (tertiary/aromatic N) is 3. The first-order chi connectivity index (χ1) is 10.0. The van der Waals surface area contributed by atoms with Crippen LogP contribution in [-0.4, -0.2) is 41.4 Å². The minimum Gasteiger partial charge on any atom is -0.396 e. The van der Waals surface area contributed by atoms with Gasteiger partial charge in [-0.05, 0) is 24.1 Å². The molecule has 0 spiro atoms. The number of aliphatic hydroxyl groups excluding tert-OH is 1. The maximum absolute atomic E-state index is 12.1. The van der Waals surface area contributed by atoms with E-state index in [1.54, 1.807) is 23.0 Å². The first-order valence-corrected chi connectivity index (χ1v) is 8.03. The topological polar surface area (TPSA) is 97.1 Å². The van der Waals surface area contributed by atoms with Gasteiger partial charge >= 0.3 is 0 Å². The Morgan fingerprint density at radius 2 is 1.95 bits per heavy atom. The van der Waals surface area contributed by atoms with Crippen LogP contribution in [0, 0.1) is 0 Å². The number of benzene rings is 1. The summed E-state index contributed by atoms with van der Waals surface area (Å²) in [6.45, 7) is 0.301. The molecule has 0 atom stereocenters. The molecule has 0 unspecified atom stereocenters. The molecular formula is C13H18N4O3S. The van der Waals surface area contributed by atoms with Gasteiger partial charge < -0.3 is 9.67 Å². The Balaban J connectivity index is 1.96. The third kappa shape index (κ3) is 4.10. The second-order valence-corrected chi connectivity index (χ2v) is 6.39. The molecule has 7 nitrogen and oxygen atoms in total. The maximum atomic E-state index is 12.1. The van der Waals surface area contributed by atoms with Gasteiger partial charge in [0.15, 0.2) is 0 Å². The summed E-state index contributed by atoms with van der Waals surface area (Å²) in [4.78, 5) is 0.210. The van der Waals surface area contributed by atoms with E-state index in [0.717, 1.165) is 11.4 Å². The van der Waals surface area contributed by atoms with E-state index in [4.69, 9.17) is 5.11 Å². The highest BCUT2D eigenvalue weighted by Crippen LogP contribution is 2.10. The molecule has 0 amide bonds. The van der Waals surface area contributed by atoms with E-state index in [2.05, 4.69) is 14.9 Å². The summed E-state index contributed by atoms with van der Waals surface area (Å²) >= 11 is 0. The molecule has 1 aromatic heterocycles. The van der Waals surface area contributed by atoms with Crippen LogP contribution in [0.5, 0.6) is 0 Å². The zero-order chi connectivity index (χ0) is 15.3. The number of nitrogens with one attached hydrogen (secondary N) is 1. The summed E-state index contributed by atoms with van der Waals surface area (Å²) in [5.41, 5.74) is 0.899. The molecule has 8 heteroatoms. The number of hydrogen-bond donors (Lipinski definition) is 2. The Labute approximate surface area is 123 Å². The molecule has 1 heterocycles. The zero-order valence-corrected chi connectivity index (χ0v) is 12.5. The summed E-state index contributed by atoms with van der Waals surface area (Å²) in [6.07, 6.45) is 2.56. The highest BCUT2D eigenvalue weighted by atomic mass is 32.2. The van der Waals surface area contributed by atoms with E-state index >= 15 is 0 Å². The fourth-order valence-electron chi connectivity index (χ4n) is 1.88. The molecule has 0 bridgehead atoms. The molecule has 0 radical (unpaired) electrons. The summed E-state index contributed by atoms with van der Waals surface area (Å²) in [6, 6.07) is 6.48. The van der Waals surface area contributed by atoms with Crippen LogP contribution in [0.2, 0.25) is 0 Å². The van der Waals surface area contributed by atoms with Crippen molar-refractivity contribution >= 4 is 10.0 Å². The van der Waals surface area contributed by atoms with Crippen LogP contribution >= 0.6 is 0 Å². The van der Waals surface area contributed by atoms with Crippen LogP contribution in [0.4, 0.5) is 0 Å². The van der Waals surface area contributed by atoms with E-state index in [1.807, 2.05) is 7.05 Å². The Morgan fingerprint density at radius 3 is 2.52 bits per heavy atom. The first kappa shape index (κ1) is 15.6. The average molecular weight is 310 g/mol. The zero-order valence-electron chi connectivity index (χ0n) is 11.7. The Kier molecular flexibility index (Phi) is 5.05. The van der Waals surface area contributed by atoms with Gasteiger partial charge in [0.1, 0.15) is 12.2 Å². The van der Waals surface area contributed by atoms with Crippen LogP contribution < -0.4 is 4.72 Å². The van der Waals surface area contributed by atoms with Gasteiger partial charge in [0.2, 0.25) is 10.0 Å². The second-order valence-electron chi connectivity index (χ2n) is 4.62. The molecule has 0 saturated heterocycles. The van der Waals surface area contributed by atoms with E-state index in [9.17, 15) is 8.42 Å². The van der Waals surface area contributed by atoms with Crippen molar-refractivity contribution in [2.75, 3.05) is 13.2 Å². The molecule has 0 aliphatic heterocycles. The quantitative estimate of drug-likeness (QED) is 0.742. The van der Waals surface area contributed by atoms with Crippen molar-refractivity contribution in [1.29, 1.82) is 0 Å². The van der Waals surface area contributed by atoms with E-state index in [-0.39, 0.29) is 18.0 Å². The molecule has 1 aromatic carbocycles. The minimum absolute atomic E-state index is 0.0437. The van der Waals surface area contributed by atoms with Crippen molar-refractivity contribution in [2.45, 2.75) is 17.7 Å². The average Bonchev–Trinajstić information content (AvgIpc) is 2.85. The van der Waals surface area contributed by atoms with Crippen LogP contribution in [0.3, 0.4) is 0 Å². The third-order valence-corrected chi connectivity index (χ3v) is 4.56. The molecule has 0 fully saturated rings. The summed E-state index contributed by atoms with van der Waals surface area (Å²) in [5.74, 6) is 0.719. The number of sulfonamides is 1. The minimum atomic E-state index is -3.53. The lowest BCUT2D eigenvalue weighted by Crippen LogP contribution is -2.26. The van der Waals surface area contributed by atoms with E-state index in [0.29, 0.717) is 12.8 Å². The van der Waals surface area contributed by atoms with Crippen LogP contribution in [0.15, 0.2) is 35.5 Å². The number of rotatable bonds is 7. The van der Waals surface area contributed by atoms with Crippen LogP contribution in [-0.2, 0) is 29.9 Å². The SMILES string of the molecule is Cn1cnnc1CCNS(=O)(=O)c1ccc(CCO)cc1. The normalized spacial score (nSPS) is 11.7. The molecule has 2 rings (SSSR count). The molecule has 2 N–H and O–H groups in total. The Hall–Kier alpha value is -1.77. The third-order valence-electron chi connectivity index (χ3n) is 3.08. The van der Waals surface area contributed by atoms with Crippen molar-refractivity contribution in [1.82, 2.24) is 19.5 Å². The van der Waals surface area contributed by atoms with Gasteiger partial charge in [-0.2, -0.15) is 0 Å². The molecule has 0 aliphatic rings. The standard InChI is InChI=1S/C13H18N4O3S/c1-17-10-14-16-13(17)6-8-15-21(19,20)12-4-2-11(3-5-12)7-9-18/h2-5,10,15,18H,6-9H2,1H3. The highest BCUT2D eigenvalue weighted by molar-refractivity contribution is 7.89. The molecule has 114 valence electrons. The number of aryl methyl sites for hydroxylation is 1. The van der Waals surface area contributed by atoms with Gasteiger partial charge in [-0.1, -0.05) is 12.1 Å². The van der Waals surface area contributed by atoms with E-state index < -0.39 is 10.0 Å². The fraction of sp³-hybridized carbons (Fsp3) is 0.385. The summed E-state index contributed by atoms with van der Waals surface area (Å²) in [5, 5.41) is 16.5. The molecule has 2 aromatic rings. The fourth-order valence-corrected chi connectivity index (χ4v) is 2.91. The van der Waals surface area contributed by atoms with Crippen molar-refractivity contribution in [2.24, 2.45) is 7.05 Å². The largest absolute Gasteiger partial charge is 0.396 e. The summed E-state index contributed by atoms with van der Waals surface area (Å²) in [7, 11) is -1.72. The van der Waals surface area contributed by atoms with Gasteiger partial charge in [0.25, 0.3) is 0 Å². The number of aromatic nitrogens is 3. The van der Waals surface area contributed by atoms with Gasteiger partial charge in [-0.15, -0.1) is 10.2 Å².